The summed E-state index contributed by atoms with van der Waals surface area (Å²) < 4.78 is 41.3. The van der Waals surface area contributed by atoms with Gasteiger partial charge in [-0.3, -0.25) is 4.79 Å². The normalized spacial score (nSPS) is 28.7. The van der Waals surface area contributed by atoms with Crippen LogP contribution in [0.15, 0.2) is 48.3 Å². The van der Waals surface area contributed by atoms with Crippen LogP contribution in [0.25, 0.3) is 0 Å². The van der Waals surface area contributed by atoms with Crippen LogP contribution in [0.5, 0.6) is 5.75 Å². The zero-order valence-corrected chi connectivity index (χ0v) is 29.7. The van der Waals surface area contributed by atoms with Crippen LogP contribution in [0, 0.1) is 29.6 Å². The number of carbonyl (C=O) groups excluding carboxylic acids is 2. The molecule has 46 heavy (non-hydrogen) atoms. The SMILES string of the molecule is COCOC1=CC(=O)O[C@H](C[C@@H](C[C@H]2C=C[C@H]3[C@H](C[C@@H](C)[C@@H]3OCc3ccc(OC)cc3)[C@H]2C(N)=O)O[Si](C)(C)OC(C)(C)C)C1. The molecule has 1 aromatic rings. The average molecular weight is 660 g/mol. The number of primary amides is 1. The van der Waals surface area contributed by atoms with Crippen molar-refractivity contribution in [2.24, 2.45) is 35.3 Å². The van der Waals surface area contributed by atoms with Crippen LogP contribution in [0.2, 0.25) is 13.1 Å². The molecule has 0 saturated heterocycles. The van der Waals surface area contributed by atoms with Crippen molar-refractivity contribution in [2.75, 3.05) is 21.0 Å². The molecule has 2 N–H and O–H groups in total. The van der Waals surface area contributed by atoms with E-state index in [1.165, 1.54) is 13.2 Å². The zero-order valence-electron chi connectivity index (χ0n) is 28.7. The van der Waals surface area contributed by atoms with Gasteiger partial charge in [-0.15, -0.1) is 0 Å². The topological polar surface area (TPSA) is 125 Å². The van der Waals surface area contributed by atoms with Crippen molar-refractivity contribution < 1.29 is 42.1 Å². The van der Waals surface area contributed by atoms with Crippen molar-refractivity contribution >= 4 is 20.4 Å². The fraction of sp³-hybridized carbons (Fsp3) is 0.657. The molecular formula is C35H53NO9Si. The molecule has 0 unspecified atom stereocenters. The molecule has 3 aliphatic rings. The highest BCUT2D eigenvalue weighted by Crippen LogP contribution is 2.49. The third-order valence-electron chi connectivity index (χ3n) is 8.93. The fourth-order valence-corrected chi connectivity index (χ4v) is 10.0. The molecule has 1 aromatic carbocycles. The van der Waals surface area contributed by atoms with Crippen LogP contribution in [0.1, 0.15) is 58.9 Å². The third-order valence-corrected chi connectivity index (χ3v) is 10.9. The Morgan fingerprint density at radius 1 is 1.11 bits per heavy atom. The highest BCUT2D eigenvalue weighted by Gasteiger charge is 2.50. The molecule has 1 aliphatic heterocycles. The second-order valence-electron chi connectivity index (χ2n) is 14.3. The molecule has 1 amide bonds. The average Bonchev–Trinajstić information content (AvgIpc) is 3.27. The number of amides is 1. The van der Waals surface area contributed by atoms with Gasteiger partial charge in [0.15, 0.2) is 6.79 Å². The van der Waals surface area contributed by atoms with Gasteiger partial charge < -0.3 is 38.3 Å². The van der Waals surface area contributed by atoms with Crippen LogP contribution in [0.4, 0.5) is 0 Å². The molecule has 256 valence electrons. The Kier molecular flexibility index (Phi) is 12.1. The van der Waals surface area contributed by atoms with Gasteiger partial charge in [0.25, 0.3) is 0 Å². The summed E-state index contributed by atoms with van der Waals surface area (Å²) in [5.74, 6) is 0.438. The summed E-state index contributed by atoms with van der Waals surface area (Å²) in [7, 11) is 0.534. The van der Waals surface area contributed by atoms with E-state index >= 15 is 0 Å². The maximum absolute atomic E-state index is 13.2. The molecule has 8 atom stereocenters. The monoisotopic (exact) mass is 659 g/mol. The van der Waals surface area contributed by atoms with Crippen LogP contribution >= 0.6 is 0 Å². The molecule has 0 spiro atoms. The Balaban J connectivity index is 1.52. The first-order valence-electron chi connectivity index (χ1n) is 16.3. The summed E-state index contributed by atoms with van der Waals surface area (Å²) in [6.45, 7) is 12.8. The Labute approximate surface area is 275 Å². The number of hydrogen-bond donors (Lipinski definition) is 1. The Morgan fingerprint density at radius 2 is 1.83 bits per heavy atom. The number of carbonyl (C=O) groups is 2. The number of fused-ring (bicyclic) bond motifs is 1. The molecule has 11 heteroatoms. The van der Waals surface area contributed by atoms with E-state index in [1.54, 1.807) is 7.11 Å². The number of rotatable bonds is 15. The largest absolute Gasteiger partial charge is 0.497 e. The number of cyclic esters (lactones) is 1. The molecule has 4 rings (SSSR count). The highest BCUT2D eigenvalue weighted by atomic mass is 28.4. The molecule has 2 aliphatic carbocycles. The van der Waals surface area contributed by atoms with Crippen molar-refractivity contribution in [3.63, 3.8) is 0 Å². The van der Waals surface area contributed by atoms with Gasteiger partial charge in [0.05, 0.1) is 37.6 Å². The second-order valence-corrected chi connectivity index (χ2v) is 17.5. The Morgan fingerprint density at radius 3 is 2.46 bits per heavy atom. The van der Waals surface area contributed by atoms with E-state index in [1.807, 2.05) is 58.1 Å². The zero-order chi connectivity index (χ0) is 33.6. The van der Waals surface area contributed by atoms with Gasteiger partial charge >= 0.3 is 14.5 Å². The lowest BCUT2D eigenvalue weighted by Gasteiger charge is -2.40. The van der Waals surface area contributed by atoms with Gasteiger partial charge in [-0.05, 0) is 82.2 Å². The second kappa shape index (κ2) is 15.5. The summed E-state index contributed by atoms with van der Waals surface area (Å²) in [4.78, 5) is 25.6. The van der Waals surface area contributed by atoms with Gasteiger partial charge in [-0.25, -0.2) is 4.79 Å². The smallest absolute Gasteiger partial charge is 0.334 e. The van der Waals surface area contributed by atoms with Crippen LogP contribution in [-0.4, -0.2) is 65.4 Å². The van der Waals surface area contributed by atoms with Crippen molar-refractivity contribution in [1.82, 2.24) is 0 Å². The number of ether oxygens (including phenoxy) is 5. The number of esters is 1. The minimum atomic E-state index is -2.65. The van der Waals surface area contributed by atoms with E-state index in [4.69, 9.17) is 38.3 Å². The first-order valence-corrected chi connectivity index (χ1v) is 19.1. The minimum Gasteiger partial charge on any atom is -0.497 e. The quantitative estimate of drug-likeness (QED) is 0.110. The van der Waals surface area contributed by atoms with Gasteiger partial charge in [0.1, 0.15) is 17.6 Å². The van der Waals surface area contributed by atoms with Crippen molar-refractivity contribution in [3.05, 3.63) is 53.8 Å². The summed E-state index contributed by atoms with van der Waals surface area (Å²) in [6.07, 6.45) is 7.10. The maximum atomic E-state index is 13.2. The Bertz CT molecular complexity index is 1240. The van der Waals surface area contributed by atoms with Crippen molar-refractivity contribution in [3.8, 4) is 5.75 Å². The van der Waals surface area contributed by atoms with E-state index in [-0.39, 0.29) is 54.5 Å². The minimum absolute atomic E-state index is 0.0244. The molecule has 0 aromatic heterocycles. The van der Waals surface area contributed by atoms with Crippen LogP contribution in [-0.2, 0) is 44.0 Å². The van der Waals surface area contributed by atoms with Gasteiger partial charge in [-0.1, -0.05) is 31.2 Å². The summed E-state index contributed by atoms with van der Waals surface area (Å²) in [5, 5.41) is 0. The lowest BCUT2D eigenvalue weighted by atomic mass is 9.69. The van der Waals surface area contributed by atoms with E-state index < -0.39 is 26.2 Å². The fourth-order valence-electron chi connectivity index (χ4n) is 7.50. The summed E-state index contributed by atoms with van der Waals surface area (Å²) >= 11 is 0. The predicted octanol–water partition coefficient (Wildman–Crippen LogP) is 5.64. The number of benzene rings is 1. The number of methoxy groups -OCH3 is 2. The summed E-state index contributed by atoms with van der Waals surface area (Å²) in [5.41, 5.74) is 6.84. The third kappa shape index (κ3) is 9.90. The maximum Gasteiger partial charge on any atom is 0.334 e. The molecule has 1 fully saturated rings. The first-order chi connectivity index (χ1) is 21.7. The van der Waals surface area contributed by atoms with E-state index in [0.717, 1.165) is 17.7 Å². The predicted molar refractivity (Wildman–Crippen MR) is 176 cm³/mol. The number of allylic oxidation sites excluding steroid dienone is 1. The van der Waals surface area contributed by atoms with Crippen LogP contribution < -0.4 is 10.5 Å². The number of hydrogen-bond acceptors (Lipinski definition) is 9. The standard InChI is InChI=1S/C35H53NO9Si/c1-22-15-30-29(33(22)41-20-23-9-12-25(40-6)13-10-23)14-11-24(32(30)34(36)38)16-28(44-46(7,8)45-35(2,3)4)18-27-17-26(42-21-39-5)19-31(37)43-27/h9-14,19,22,24,27-30,32-33H,15-18,20-21H2,1-8H3,(H2,36,38)/t22-,24-,27+,28-,29+,30+,32+,33+/m1/s1. The van der Waals surface area contributed by atoms with Gasteiger partial charge in [0.2, 0.25) is 5.91 Å². The van der Waals surface area contributed by atoms with E-state index in [9.17, 15) is 9.59 Å². The van der Waals surface area contributed by atoms with Crippen molar-refractivity contribution in [2.45, 2.75) is 97.0 Å². The molecule has 1 saturated carbocycles. The molecule has 10 nitrogen and oxygen atoms in total. The lowest BCUT2D eigenvalue weighted by Crippen LogP contribution is -2.47. The van der Waals surface area contributed by atoms with Crippen molar-refractivity contribution in [1.29, 1.82) is 0 Å². The first kappa shape index (κ1) is 36.1. The molecule has 1 heterocycles. The summed E-state index contributed by atoms with van der Waals surface area (Å²) in [6, 6.07) is 7.88. The van der Waals surface area contributed by atoms with E-state index in [0.29, 0.717) is 31.6 Å². The van der Waals surface area contributed by atoms with Gasteiger partial charge in [0, 0.05) is 31.8 Å². The highest BCUT2D eigenvalue weighted by molar-refractivity contribution is 6.64. The lowest BCUT2D eigenvalue weighted by molar-refractivity contribution is -0.147. The van der Waals surface area contributed by atoms with Gasteiger partial charge in [-0.2, -0.15) is 0 Å². The molecule has 0 radical (unpaired) electrons. The molecular weight excluding hydrogens is 606 g/mol. The van der Waals surface area contributed by atoms with E-state index in [2.05, 4.69) is 19.1 Å². The Hall–Kier alpha value is -2.70. The molecule has 0 bridgehead atoms. The number of nitrogens with two attached hydrogens (primary N) is 1. The van der Waals surface area contributed by atoms with Crippen LogP contribution in [0.3, 0.4) is 0 Å².